The van der Waals surface area contributed by atoms with Crippen molar-refractivity contribution in [1.29, 1.82) is 5.26 Å². The Hall–Kier alpha value is -2.19. The molecule has 0 atom stereocenters. The van der Waals surface area contributed by atoms with E-state index in [2.05, 4.69) is 11.4 Å². The fraction of sp³-hybridized carbons (Fsp3) is 0.267. The Labute approximate surface area is 116 Å². The van der Waals surface area contributed by atoms with Gasteiger partial charge in [0, 0.05) is 31.4 Å². The lowest BCUT2D eigenvalue weighted by atomic mass is 10.2. The Bertz CT molecular complexity index is 668. The number of halogens is 2. The molecule has 2 aromatic rings. The minimum atomic E-state index is -0.453. The molecule has 1 aromatic carbocycles. The maximum absolute atomic E-state index is 13.4. The summed E-state index contributed by atoms with van der Waals surface area (Å²) in [5.74, 6) is -0.882. The molecule has 5 heteroatoms. The van der Waals surface area contributed by atoms with Crippen LogP contribution in [0, 0.1) is 29.9 Å². The summed E-state index contributed by atoms with van der Waals surface area (Å²) >= 11 is 0. The first-order chi connectivity index (χ1) is 9.52. The number of hydrogen-bond acceptors (Lipinski definition) is 2. The maximum atomic E-state index is 13.4. The standard InChI is InChI=1S/C15H15F2N3/c1-10-11(6-14(7-18)20(10)2)8-19-9-12-5-13(16)3-4-15(12)17/h3-6,19H,8-9H2,1-2H3. The average molecular weight is 275 g/mol. The van der Waals surface area contributed by atoms with Crippen LogP contribution in [-0.4, -0.2) is 4.57 Å². The molecule has 20 heavy (non-hydrogen) atoms. The summed E-state index contributed by atoms with van der Waals surface area (Å²) in [4.78, 5) is 0. The van der Waals surface area contributed by atoms with Crippen molar-refractivity contribution >= 4 is 0 Å². The van der Waals surface area contributed by atoms with E-state index in [9.17, 15) is 8.78 Å². The lowest BCUT2D eigenvalue weighted by Crippen LogP contribution is -2.14. The Balaban J connectivity index is 2.03. The van der Waals surface area contributed by atoms with Gasteiger partial charge >= 0.3 is 0 Å². The lowest BCUT2D eigenvalue weighted by Gasteiger charge is -2.06. The molecule has 0 spiro atoms. The van der Waals surface area contributed by atoms with Crippen molar-refractivity contribution in [2.24, 2.45) is 7.05 Å². The van der Waals surface area contributed by atoms with E-state index < -0.39 is 11.6 Å². The van der Waals surface area contributed by atoms with E-state index in [-0.39, 0.29) is 6.54 Å². The van der Waals surface area contributed by atoms with Gasteiger partial charge in [0.05, 0.1) is 0 Å². The second-order valence-corrected chi connectivity index (χ2v) is 4.65. The summed E-state index contributed by atoms with van der Waals surface area (Å²) in [6.45, 7) is 2.65. The third-order valence-electron chi connectivity index (χ3n) is 3.39. The summed E-state index contributed by atoms with van der Waals surface area (Å²) < 4.78 is 28.3. The predicted molar refractivity (Wildman–Crippen MR) is 71.8 cm³/mol. The Morgan fingerprint density at radius 3 is 2.55 bits per heavy atom. The SMILES string of the molecule is Cc1c(CNCc2cc(F)ccc2F)cc(C#N)n1C. The van der Waals surface area contributed by atoms with Gasteiger partial charge in [-0.3, -0.25) is 0 Å². The highest BCUT2D eigenvalue weighted by atomic mass is 19.1. The quantitative estimate of drug-likeness (QED) is 0.932. The van der Waals surface area contributed by atoms with Crippen LogP contribution in [-0.2, 0) is 20.1 Å². The second-order valence-electron chi connectivity index (χ2n) is 4.65. The topological polar surface area (TPSA) is 40.8 Å². The van der Waals surface area contributed by atoms with Crippen LogP contribution < -0.4 is 5.32 Å². The fourth-order valence-electron chi connectivity index (χ4n) is 2.06. The molecule has 0 aliphatic rings. The first kappa shape index (κ1) is 14.2. The van der Waals surface area contributed by atoms with Crippen molar-refractivity contribution in [3.05, 3.63) is 58.4 Å². The maximum Gasteiger partial charge on any atom is 0.127 e. The number of benzene rings is 1. The zero-order valence-electron chi connectivity index (χ0n) is 11.4. The minimum absolute atomic E-state index is 0.236. The summed E-state index contributed by atoms with van der Waals surface area (Å²) in [7, 11) is 1.82. The summed E-state index contributed by atoms with van der Waals surface area (Å²) in [5, 5.41) is 12.0. The van der Waals surface area contributed by atoms with Crippen LogP contribution in [0.25, 0.3) is 0 Å². The minimum Gasteiger partial charge on any atom is -0.340 e. The van der Waals surface area contributed by atoms with Gasteiger partial charge in [0.15, 0.2) is 0 Å². The molecule has 2 rings (SSSR count). The third-order valence-corrected chi connectivity index (χ3v) is 3.39. The monoisotopic (exact) mass is 275 g/mol. The van der Waals surface area contributed by atoms with Gasteiger partial charge in [0.1, 0.15) is 23.4 Å². The first-order valence-corrected chi connectivity index (χ1v) is 6.23. The summed E-state index contributed by atoms with van der Waals surface area (Å²) in [5.41, 5.74) is 2.82. The van der Waals surface area contributed by atoms with Crippen LogP contribution in [0.1, 0.15) is 22.5 Å². The van der Waals surface area contributed by atoms with Gasteiger partial charge in [0.25, 0.3) is 0 Å². The Morgan fingerprint density at radius 2 is 1.90 bits per heavy atom. The fourth-order valence-corrected chi connectivity index (χ4v) is 2.06. The summed E-state index contributed by atoms with van der Waals surface area (Å²) in [6.07, 6.45) is 0. The molecular weight excluding hydrogens is 260 g/mol. The third kappa shape index (κ3) is 2.86. The Morgan fingerprint density at radius 1 is 1.20 bits per heavy atom. The Kier molecular flexibility index (Phi) is 4.16. The van der Waals surface area contributed by atoms with E-state index in [1.807, 2.05) is 14.0 Å². The van der Waals surface area contributed by atoms with Crippen molar-refractivity contribution in [2.45, 2.75) is 20.0 Å². The molecule has 0 aliphatic carbocycles. The molecule has 0 radical (unpaired) electrons. The molecule has 0 aliphatic heterocycles. The molecule has 0 unspecified atom stereocenters. The molecular formula is C15H15F2N3. The van der Waals surface area contributed by atoms with Crippen molar-refractivity contribution in [2.75, 3.05) is 0 Å². The van der Waals surface area contributed by atoms with Crippen molar-refractivity contribution in [3.63, 3.8) is 0 Å². The van der Waals surface area contributed by atoms with Crippen LogP contribution in [0.5, 0.6) is 0 Å². The number of nitrogens with one attached hydrogen (secondary N) is 1. The van der Waals surface area contributed by atoms with Crippen LogP contribution in [0.3, 0.4) is 0 Å². The molecule has 1 aromatic heterocycles. The molecule has 1 N–H and O–H groups in total. The van der Waals surface area contributed by atoms with E-state index in [4.69, 9.17) is 5.26 Å². The van der Waals surface area contributed by atoms with Gasteiger partial charge in [-0.15, -0.1) is 0 Å². The number of nitrogens with zero attached hydrogens (tertiary/aromatic N) is 2. The molecule has 0 amide bonds. The van der Waals surface area contributed by atoms with Gasteiger partial charge in [0.2, 0.25) is 0 Å². The van der Waals surface area contributed by atoms with Gasteiger partial charge < -0.3 is 9.88 Å². The van der Waals surface area contributed by atoms with Gasteiger partial charge in [-0.05, 0) is 36.8 Å². The van der Waals surface area contributed by atoms with E-state index in [0.29, 0.717) is 17.8 Å². The molecule has 1 heterocycles. The van der Waals surface area contributed by atoms with E-state index in [0.717, 1.165) is 23.4 Å². The van der Waals surface area contributed by atoms with E-state index in [1.54, 1.807) is 10.6 Å². The molecule has 0 saturated heterocycles. The molecule has 3 nitrogen and oxygen atoms in total. The van der Waals surface area contributed by atoms with Crippen LogP contribution >= 0.6 is 0 Å². The van der Waals surface area contributed by atoms with Gasteiger partial charge in [-0.1, -0.05) is 0 Å². The normalized spacial score (nSPS) is 10.6. The lowest BCUT2D eigenvalue weighted by molar-refractivity contribution is 0.568. The zero-order chi connectivity index (χ0) is 14.7. The first-order valence-electron chi connectivity index (χ1n) is 6.23. The van der Waals surface area contributed by atoms with Crippen LogP contribution in [0.2, 0.25) is 0 Å². The number of nitriles is 1. The average Bonchev–Trinajstić information content (AvgIpc) is 2.70. The van der Waals surface area contributed by atoms with E-state index in [1.165, 1.54) is 6.07 Å². The van der Waals surface area contributed by atoms with Gasteiger partial charge in [-0.25, -0.2) is 8.78 Å². The molecule has 104 valence electrons. The van der Waals surface area contributed by atoms with Crippen LogP contribution in [0.4, 0.5) is 8.78 Å². The van der Waals surface area contributed by atoms with E-state index >= 15 is 0 Å². The van der Waals surface area contributed by atoms with Crippen molar-refractivity contribution < 1.29 is 8.78 Å². The predicted octanol–water partition coefficient (Wildman–Crippen LogP) is 2.77. The largest absolute Gasteiger partial charge is 0.340 e. The molecule has 0 fully saturated rings. The van der Waals surface area contributed by atoms with Crippen molar-refractivity contribution in [3.8, 4) is 6.07 Å². The number of aromatic nitrogens is 1. The highest BCUT2D eigenvalue weighted by molar-refractivity contribution is 5.34. The van der Waals surface area contributed by atoms with Crippen molar-refractivity contribution in [1.82, 2.24) is 9.88 Å². The zero-order valence-corrected chi connectivity index (χ0v) is 11.4. The van der Waals surface area contributed by atoms with Crippen LogP contribution in [0.15, 0.2) is 24.3 Å². The highest BCUT2D eigenvalue weighted by Crippen LogP contribution is 2.14. The smallest absolute Gasteiger partial charge is 0.127 e. The number of rotatable bonds is 4. The second kappa shape index (κ2) is 5.85. The molecule has 0 saturated carbocycles. The number of hydrogen-bond donors (Lipinski definition) is 1. The molecule has 0 bridgehead atoms. The highest BCUT2D eigenvalue weighted by Gasteiger charge is 2.09. The van der Waals surface area contributed by atoms with Gasteiger partial charge in [-0.2, -0.15) is 5.26 Å². The summed E-state index contributed by atoms with van der Waals surface area (Å²) in [6, 6.07) is 7.30.